The molecule has 0 saturated heterocycles. The summed E-state index contributed by atoms with van der Waals surface area (Å²) in [7, 11) is 0. The third-order valence-electron chi connectivity index (χ3n) is 8.51. The summed E-state index contributed by atoms with van der Waals surface area (Å²) in [5.41, 5.74) is 10.6. The number of fused-ring (bicyclic) bond motifs is 7. The van der Waals surface area contributed by atoms with Crippen LogP contribution in [0.15, 0.2) is 121 Å². The molecule has 8 rings (SSSR count). The zero-order valence-corrected chi connectivity index (χ0v) is 21.9. The molecule has 2 heterocycles. The second-order valence-electron chi connectivity index (χ2n) is 11.0. The normalized spacial score (nSPS) is 13.6. The Labute approximate surface area is 227 Å². The summed E-state index contributed by atoms with van der Waals surface area (Å²) in [6.45, 7) is 4.67. The van der Waals surface area contributed by atoms with Crippen molar-refractivity contribution < 1.29 is 0 Å². The summed E-state index contributed by atoms with van der Waals surface area (Å²) in [5, 5.41) is 6.01. The first kappa shape index (κ1) is 22.2. The van der Waals surface area contributed by atoms with Crippen LogP contribution in [0.25, 0.3) is 66.1 Å². The standard InChI is InChI=1S/C37H26N2/c1-37(2)32-13-7-5-11-27(32)30-21-29-28-12-6-8-14-34(28)39-36(31(29)22-33(30)37)25-17-15-24(16-18-25)35-26-10-4-3-9-23(26)19-20-38-35/h3-22H,1-2H3. The van der Waals surface area contributed by atoms with Crippen LogP contribution in [-0.4, -0.2) is 9.97 Å². The van der Waals surface area contributed by atoms with Crippen LogP contribution in [0, 0.1) is 0 Å². The van der Waals surface area contributed by atoms with E-state index < -0.39 is 0 Å². The quantitative estimate of drug-likeness (QED) is 0.222. The maximum absolute atomic E-state index is 5.23. The number of para-hydroxylation sites is 1. The van der Waals surface area contributed by atoms with E-state index in [4.69, 9.17) is 9.97 Å². The molecule has 2 nitrogen and oxygen atoms in total. The van der Waals surface area contributed by atoms with Crippen LogP contribution in [0.3, 0.4) is 0 Å². The van der Waals surface area contributed by atoms with Gasteiger partial charge in [-0.1, -0.05) is 105 Å². The molecule has 2 heteroatoms. The van der Waals surface area contributed by atoms with Crippen LogP contribution in [0.2, 0.25) is 0 Å². The average Bonchev–Trinajstić information content (AvgIpc) is 3.21. The minimum atomic E-state index is -0.0626. The van der Waals surface area contributed by atoms with Crippen LogP contribution in [0.5, 0.6) is 0 Å². The average molecular weight is 499 g/mol. The molecule has 0 unspecified atom stereocenters. The third-order valence-corrected chi connectivity index (χ3v) is 8.51. The van der Waals surface area contributed by atoms with E-state index in [2.05, 4.69) is 129 Å². The van der Waals surface area contributed by atoms with Crippen molar-refractivity contribution in [2.45, 2.75) is 19.3 Å². The Bertz CT molecular complexity index is 2080. The second-order valence-corrected chi connectivity index (χ2v) is 11.0. The highest BCUT2D eigenvalue weighted by atomic mass is 14.7. The number of benzene rings is 5. The molecular formula is C37H26N2. The van der Waals surface area contributed by atoms with Gasteiger partial charge >= 0.3 is 0 Å². The van der Waals surface area contributed by atoms with Crippen LogP contribution in [0.1, 0.15) is 25.0 Å². The SMILES string of the molecule is CC1(C)c2ccccc2-c2cc3c(cc21)c(-c1ccc(-c2nccc4ccccc24)cc1)nc1ccccc13. The van der Waals surface area contributed by atoms with Crippen molar-refractivity contribution >= 4 is 32.4 Å². The number of hydrogen-bond acceptors (Lipinski definition) is 2. The molecular weight excluding hydrogens is 472 g/mol. The molecule has 5 aromatic carbocycles. The van der Waals surface area contributed by atoms with Crippen molar-refractivity contribution in [1.29, 1.82) is 0 Å². The molecule has 0 fully saturated rings. The lowest BCUT2D eigenvalue weighted by molar-refractivity contribution is 0.661. The summed E-state index contributed by atoms with van der Waals surface area (Å²) in [5.74, 6) is 0. The van der Waals surface area contributed by atoms with Gasteiger partial charge in [-0.25, -0.2) is 4.98 Å². The molecule has 1 aliphatic rings. The predicted octanol–water partition coefficient (Wildman–Crippen LogP) is 9.58. The third kappa shape index (κ3) is 3.21. The first-order valence-electron chi connectivity index (χ1n) is 13.5. The molecule has 7 aromatic rings. The van der Waals surface area contributed by atoms with Gasteiger partial charge < -0.3 is 0 Å². The van der Waals surface area contributed by atoms with Gasteiger partial charge in [0.05, 0.1) is 16.9 Å². The monoisotopic (exact) mass is 498 g/mol. The van der Waals surface area contributed by atoms with E-state index in [1.165, 1.54) is 49.2 Å². The predicted molar refractivity (Wildman–Crippen MR) is 163 cm³/mol. The van der Waals surface area contributed by atoms with Crippen molar-refractivity contribution in [3.05, 3.63) is 133 Å². The summed E-state index contributed by atoms with van der Waals surface area (Å²) >= 11 is 0. The number of aromatic nitrogens is 2. The molecule has 184 valence electrons. The lowest BCUT2D eigenvalue weighted by Crippen LogP contribution is -2.14. The zero-order chi connectivity index (χ0) is 26.1. The summed E-state index contributed by atoms with van der Waals surface area (Å²) in [6, 6.07) is 41.4. The topological polar surface area (TPSA) is 25.8 Å². The van der Waals surface area contributed by atoms with Crippen molar-refractivity contribution in [3.63, 3.8) is 0 Å². The van der Waals surface area contributed by atoms with Crippen LogP contribution >= 0.6 is 0 Å². The molecule has 2 aromatic heterocycles. The Morgan fingerprint density at radius 1 is 0.513 bits per heavy atom. The molecule has 0 aliphatic heterocycles. The molecule has 0 spiro atoms. The number of pyridine rings is 2. The maximum atomic E-state index is 5.23. The van der Waals surface area contributed by atoms with Crippen LogP contribution < -0.4 is 0 Å². The minimum Gasteiger partial charge on any atom is -0.256 e. The highest BCUT2D eigenvalue weighted by Gasteiger charge is 2.35. The summed E-state index contributed by atoms with van der Waals surface area (Å²) in [6.07, 6.45) is 1.89. The maximum Gasteiger partial charge on any atom is 0.0788 e. The minimum absolute atomic E-state index is 0.0626. The van der Waals surface area contributed by atoms with Gasteiger partial charge in [0.15, 0.2) is 0 Å². The molecule has 1 aliphatic carbocycles. The lowest BCUT2D eigenvalue weighted by atomic mass is 9.81. The fourth-order valence-electron chi connectivity index (χ4n) is 6.50. The van der Waals surface area contributed by atoms with Gasteiger partial charge in [-0.15, -0.1) is 0 Å². The Morgan fingerprint density at radius 2 is 1.21 bits per heavy atom. The largest absolute Gasteiger partial charge is 0.256 e. The fraction of sp³-hybridized carbons (Fsp3) is 0.0811. The molecule has 0 atom stereocenters. The van der Waals surface area contributed by atoms with Gasteiger partial charge in [-0.3, -0.25) is 4.98 Å². The highest BCUT2D eigenvalue weighted by Crippen LogP contribution is 2.51. The Morgan fingerprint density at radius 3 is 2.05 bits per heavy atom. The van der Waals surface area contributed by atoms with Gasteiger partial charge in [-0.05, 0) is 57.3 Å². The Hall–Kier alpha value is -4.82. The van der Waals surface area contributed by atoms with Crippen molar-refractivity contribution in [1.82, 2.24) is 9.97 Å². The van der Waals surface area contributed by atoms with Crippen molar-refractivity contribution in [2.24, 2.45) is 0 Å². The van der Waals surface area contributed by atoms with Gasteiger partial charge in [-0.2, -0.15) is 0 Å². The summed E-state index contributed by atoms with van der Waals surface area (Å²) < 4.78 is 0. The van der Waals surface area contributed by atoms with Gasteiger partial charge in [0, 0.05) is 38.9 Å². The first-order chi connectivity index (χ1) is 19.1. The van der Waals surface area contributed by atoms with Crippen molar-refractivity contribution in [2.75, 3.05) is 0 Å². The van der Waals surface area contributed by atoms with E-state index in [1.807, 2.05) is 6.20 Å². The van der Waals surface area contributed by atoms with E-state index in [0.717, 1.165) is 28.0 Å². The van der Waals surface area contributed by atoms with Gasteiger partial charge in [0.25, 0.3) is 0 Å². The van der Waals surface area contributed by atoms with E-state index in [0.29, 0.717) is 0 Å². The zero-order valence-electron chi connectivity index (χ0n) is 21.9. The lowest BCUT2D eigenvalue weighted by Gasteiger charge is -2.22. The second kappa shape index (κ2) is 8.09. The Kier molecular flexibility index (Phi) is 4.60. The molecule has 0 radical (unpaired) electrons. The number of nitrogens with zero attached hydrogens (tertiary/aromatic N) is 2. The van der Waals surface area contributed by atoms with Gasteiger partial charge in [0.1, 0.15) is 0 Å². The first-order valence-corrected chi connectivity index (χ1v) is 13.5. The molecule has 0 amide bonds. The summed E-state index contributed by atoms with van der Waals surface area (Å²) in [4.78, 5) is 9.96. The smallest absolute Gasteiger partial charge is 0.0788 e. The molecule has 39 heavy (non-hydrogen) atoms. The van der Waals surface area contributed by atoms with Gasteiger partial charge in [0.2, 0.25) is 0 Å². The number of hydrogen-bond donors (Lipinski definition) is 0. The number of rotatable bonds is 2. The van der Waals surface area contributed by atoms with E-state index >= 15 is 0 Å². The Balaban J connectivity index is 1.36. The molecule has 0 bridgehead atoms. The highest BCUT2D eigenvalue weighted by molar-refractivity contribution is 6.13. The van der Waals surface area contributed by atoms with Crippen LogP contribution in [-0.2, 0) is 5.41 Å². The van der Waals surface area contributed by atoms with E-state index in [-0.39, 0.29) is 5.41 Å². The van der Waals surface area contributed by atoms with E-state index in [1.54, 1.807) is 0 Å². The molecule has 0 saturated carbocycles. The van der Waals surface area contributed by atoms with Crippen molar-refractivity contribution in [3.8, 4) is 33.6 Å². The fourth-order valence-corrected chi connectivity index (χ4v) is 6.50. The molecule has 0 N–H and O–H groups in total. The van der Waals surface area contributed by atoms with Crippen LogP contribution in [0.4, 0.5) is 0 Å². The van der Waals surface area contributed by atoms with E-state index in [9.17, 15) is 0 Å².